The van der Waals surface area contributed by atoms with E-state index in [1.165, 1.54) is 0 Å². The van der Waals surface area contributed by atoms with Gasteiger partial charge in [-0.2, -0.15) is 13.2 Å². The van der Waals surface area contributed by atoms with E-state index in [1.807, 2.05) is 0 Å². The Morgan fingerprint density at radius 3 is 1.85 bits per heavy atom. The van der Waals surface area contributed by atoms with Crippen molar-refractivity contribution in [1.29, 1.82) is 0 Å². The molecule has 4 N–H and O–H groups in total. The fourth-order valence-corrected chi connectivity index (χ4v) is 1.43. The molecule has 0 aliphatic heterocycles. The minimum atomic E-state index is -5.39. The van der Waals surface area contributed by atoms with Gasteiger partial charge >= 0.3 is 18.1 Å². The van der Waals surface area contributed by atoms with E-state index in [9.17, 15) is 31.5 Å². The van der Waals surface area contributed by atoms with Gasteiger partial charge in [0.2, 0.25) is 0 Å². The number of anilines is 1. The average molecular weight is 300 g/mol. The molecule has 1 aromatic heterocycles. The number of pyridine rings is 1. The fourth-order valence-electron chi connectivity index (χ4n) is 1.43. The van der Waals surface area contributed by atoms with Crippen molar-refractivity contribution in [3.05, 3.63) is 22.5 Å². The highest BCUT2D eigenvalue weighted by Crippen LogP contribution is 2.37. The first-order chi connectivity index (χ1) is 8.98. The van der Waals surface area contributed by atoms with E-state index in [-0.39, 0.29) is 0 Å². The molecule has 0 spiro atoms. The summed E-state index contributed by atoms with van der Waals surface area (Å²) in [5, 5.41) is 17.3. The third kappa shape index (κ3) is 2.60. The van der Waals surface area contributed by atoms with Gasteiger partial charge < -0.3 is 15.9 Å². The number of nitrogens with zero attached hydrogens (tertiary/aromatic N) is 1. The number of carboxylic acids is 2. The van der Waals surface area contributed by atoms with E-state index in [1.54, 1.807) is 0 Å². The van der Waals surface area contributed by atoms with E-state index < -0.39 is 52.7 Å². The second-order valence-electron chi connectivity index (χ2n) is 3.42. The Balaban J connectivity index is 3.90. The summed E-state index contributed by atoms with van der Waals surface area (Å²) < 4.78 is 62.9. The smallest absolute Gasteiger partial charge is 0.434 e. The maximum absolute atomic E-state index is 12.6. The van der Waals surface area contributed by atoms with Crippen molar-refractivity contribution in [1.82, 2.24) is 4.98 Å². The summed E-state index contributed by atoms with van der Waals surface area (Å²) in [6.07, 6.45) is -9.06. The van der Waals surface area contributed by atoms with Gasteiger partial charge in [-0.1, -0.05) is 0 Å². The summed E-state index contributed by atoms with van der Waals surface area (Å²) >= 11 is 0. The summed E-state index contributed by atoms with van der Waals surface area (Å²) in [4.78, 5) is 23.9. The number of nitrogen functional groups attached to an aromatic ring is 1. The number of rotatable bonds is 3. The van der Waals surface area contributed by atoms with Gasteiger partial charge in [0.05, 0.1) is 5.69 Å². The standard InChI is InChI=1S/C9H5F5N2O4/c10-6(11)4-1(7(17)18)3(15)2(8(19)20)5(16-4)9(12,13)14/h6H,(H2,15,16)(H,17,18)(H,19,20). The lowest BCUT2D eigenvalue weighted by Gasteiger charge is -2.16. The van der Waals surface area contributed by atoms with Crippen LogP contribution in [-0.4, -0.2) is 27.1 Å². The van der Waals surface area contributed by atoms with Crippen molar-refractivity contribution in [2.75, 3.05) is 5.73 Å². The Kier molecular flexibility index (Phi) is 3.82. The van der Waals surface area contributed by atoms with Crippen molar-refractivity contribution in [2.45, 2.75) is 12.6 Å². The first-order valence-electron chi connectivity index (χ1n) is 4.63. The van der Waals surface area contributed by atoms with E-state index >= 15 is 0 Å². The first-order valence-corrected chi connectivity index (χ1v) is 4.63. The molecule has 0 saturated heterocycles. The molecule has 0 atom stereocenters. The Morgan fingerprint density at radius 1 is 1.10 bits per heavy atom. The molecular weight excluding hydrogens is 295 g/mol. The van der Waals surface area contributed by atoms with Crippen LogP contribution in [-0.2, 0) is 6.18 Å². The average Bonchev–Trinajstić information content (AvgIpc) is 2.24. The summed E-state index contributed by atoms with van der Waals surface area (Å²) in [5.41, 5.74) is -3.51. The van der Waals surface area contributed by atoms with Crippen LogP contribution in [0.1, 0.15) is 38.5 Å². The van der Waals surface area contributed by atoms with E-state index in [0.29, 0.717) is 0 Å². The molecule has 0 aliphatic carbocycles. The van der Waals surface area contributed by atoms with Gasteiger partial charge in [-0.25, -0.2) is 23.4 Å². The van der Waals surface area contributed by atoms with Gasteiger partial charge in [-0.15, -0.1) is 0 Å². The number of carboxylic acid groups (broad SMARTS) is 2. The highest BCUT2D eigenvalue weighted by molar-refractivity contribution is 6.03. The van der Waals surface area contributed by atoms with E-state index in [2.05, 4.69) is 4.98 Å². The van der Waals surface area contributed by atoms with Crippen LogP contribution in [0.3, 0.4) is 0 Å². The van der Waals surface area contributed by atoms with Gasteiger partial charge in [-0.05, 0) is 0 Å². The molecule has 0 bridgehead atoms. The normalized spacial score (nSPS) is 11.7. The number of hydrogen-bond donors (Lipinski definition) is 3. The summed E-state index contributed by atoms with van der Waals surface area (Å²) in [6.45, 7) is 0. The van der Waals surface area contributed by atoms with Crippen LogP contribution in [0, 0.1) is 0 Å². The molecule has 110 valence electrons. The molecule has 0 unspecified atom stereocenters. The zero-order valence-corrected chi connectivity index (χ0v) is 9.20. The van der Waals surface area contributed by atoms with Crippen LogP contribution < -0.4 is 5.73 Å². The number of hydrogen-bond acceptors (Lipinski definition) is 4. The van der Waals surface area contributed by atoms with Crippen molar-refractivity contribution >= 4 is 17.6 Å². The quantitative estimate of drug-likeness (QED) is 0.736. The van der Waals surface area contributed by atoms with Crippen LogP contribution in [0.15, 0.2) is 0 Å². The van der Waals surface area contributed by atoms with Crippen molar-refractivity contribution in [3.63, 3.8) is 0 Å². The maximum atomic E-state index is 12.6. The first kappa shape index (κ1) is 15.6. The Morgan fingerprint density at radius 2 is 1.55 bits per heavy atom. The second kappa shape index (κ2) is 4.90. The zero-order chi connectivity index (χ0) is 15.8. The number of nitrogens with two attached hydrogens (primary N) is 1. The van der Waals surface area contributed by atoms with Gasteiger partial charge in [0, 0.05) is 0 Å². The van der Waals surface area contributed by atoms with E-state index in [0.717, 1.165) is 0 Å². The third-order valence-corrected chi connectivity index (χ3v) is 2.17. The predicted molar refractivity (Wildman–Crippen MR) is 52.5 cm³/mol. The molecule has 6 nitrogen and oxygen atoms in total. The lowest BCUT2D eigenvalue weighted by atomic mass is 10.0. The SMILES string of the molecule is Nc1c(C(=O)O)c(C(F)F)nc(C(F)(F)F)c1C(=O)O. The van der Waals surface area contributed by atoms with Crippen LogP contribution in [0.5, 0.6) is 0 Å². The predicted octanol–water partition coefficient (Wildman–Crippen LogP) is 2.02. The van der Waals surface area contributed by atoms with Crippen LogP contribution in [0.25, 0.3) is 0 Å². The molecule has 1 rings (SSSR count). The molecule has 11 heteroatoms. The highest BCUT2D eigenvalue weighted by Gasteiger charge is 2.42. The van der Waals surface area contributed by atoms with Crippen LogP contribution in [0.4, 0.5) is 27.6 Å². The van der Waals surface area contributed by atoms with Gasteiger partial charge in [0.15, 0.2) is 5.69 Å². The summed E-state index contributed by atoms with van der Waals surface area (Å²) in [6, 6.07) is 0. The lowest BCUT2D eigenvalue weighted by molar-refractivity contribution is -0.141. The molecule has 0 saturated carbocycles. The number of aromatic carboxylic acids is 2. The molecule has 1 heterocycles. The van der Waals surface area contributed by atoms with Gasteiger partial charge in [-0.3, -0.25) is 0 Å². The number of halogens is 5. The lowest BCUT2D eigenvalue weighted by Crippen LogP contribution is -2.22. The topological polar surface area (TPSA) is 114 Å². The highest BCUT2D eigenvalue weighted by atomic mass is 19.4. The van der Waals surface area contributed by atoms with Crippen molar-refractivity contribution in [2.24, 2.45) is 0 Å². The number of alkyl halides is 5. The second-order valence-corrected chi connectivity index (χ2v) is 3.42. The Labute approximate surface area is 106 Å². The monoisotopic (exact) mass is 300 g/mol. The minimum Gasteiger partial charge on any atom is -0.478 e. The van der Waals surface area contributed by atoms with Crippen molar-refractivity contribution < 1.29 is 41.8 Å². The van der Waals surface area contributed by atoms with Crippen molar-refractivity contribution in [3.8, 4) is 0 Å². The molecule has 0 aromatic carbocycles. The summed E-state index contributed by atoms with van der Waals surface area (Å²) in [7, 11) is 0. The molecule has 0 radical (unpaired) electrons. The third-order valence-electron chi connectivity index (χ3n) is 2.17. The summed E-state index contributed by atoms with van der Waals surface area (Å²) in [5.74, 6) is -4.34. The number of carbonyl (C=O) groups is 2. The molecule has 0 aliphatic rings. The van der Waals surface area contributed by atoms with Gasteiger partial charge in [0.25, 0.3) is 6.43 Å². The largest absolute Gasteiger partial charge is 0.478 e. The Hall–Kier alpha value is -2.46. The Bertz CT molecular complexity index is 585. The van der Waals surface area contributed by atoms with Crippen LogP contribution in [0.2, 0.25) is 0 Å². The maximum Gasteiger partial charge on any atom is 0.434 e. The van der Waals surface area contributed by atoms with Crippen LogP contribution >= 0.6 is 0 Å². The van der Waals surface area contributed by atoms with E-state index in [4.69, 9.17) is 15.9 Å². The minimum absolute atomic E-state index is 1.43. The van der Waals surface area contributed by atoms with Gasteiger partial charge in [0.1, 0.15) is 16.8 Å². The molecule has 0 amide bonds. The fraction of sp³-hybridized carbons (Fsp3) is 0.222. The molecule has 20 heavy (non-hydrogen) atoms. The molecule has 0 fully saturated rings. The molecular formula is C9H5F5N2O4. The molecule has 1 aromatic rings. The zero-order valence-electron chi connectivity index (χ0n) is 9.20. The number of aromatic nitrogens is 1.